The number of nitrogens with one attached hydrogen (secondary N) is 1. The quantitative estimate of drug-likeness (QED) is 0.666. The predicted octanol–water partition coefficient (Wildman–Crippen LogP) is 1.68. The zero-order valence-electron chi connectivity index (χ0n) is 6.70. The van der Waals surface area contributed by atoms with Gasteiger partial charge in [-0.1, -0.05) is 18.3 Å². The fourth-order valence-electron chi connectivity index (χ4n) is 1.45. The number of thiocarbonyl (C=S) groups is 1. The summed E-state index contributed by atoms with van der Waals surface area (Å²) in [5, 5.41) is 11.8. The van der Waals surface area contributed by atoms with E-state index in [-0.39, 0.29) is 0 Å². The Morgan fingerprint density at radius 1 is 1.54 bits per heavy atom. The fraction of sp³-hybridized carbons (Fsp3) is 0.111. The van der Waals surface area contributed by atoms with Crippen LogP contribution in [0.3, 0.4) is 0 Å². The van der Waals surface area contributed by atoms with Crippen LogP contribution in [-0.4, -0.2) is 16.1 Å². The van der Waals surface area contributed by atoms with Crippen LogP contribution >= 0.6 is 12.2 Å². The Morgan fingerprint density at radius 3 is 3.00 bits per heavy atom. The standard InChI is InChI=1S/C9H7NO2S/c11-9(12)5-2-1-3-7-6(5)4-8(13)10-7/h1-3H,4H2,(H,10,13)(H,11,12). The van der Waals surface area contributed by atoms with Crippen LogP contribution in [0.15, 0.2) is 18.2 Å². The van der Waals surface area contributed by atoms with E-state index in [0.29, 0.717) is 17.0 Å². The Balaban J connectivity index is 2.57. The molecule has 0 unspecified atom stereocenters. The van der Waals surface area contributed by atoms with Crippen molar-refractivity contribution in [3.05, 3.63) is 29.3 Å². The first-order valence-corrected chi connectivity index (χ1v) is 4.24. The van der Waals surface area contributed by atoms with Gasteiger partial charge in [-0.3, -0.25) is 0 Å². The van der Waals surface area contributed by atoms with E-state index in [2.05, 4.69) is 5.32 Å². The molecule has 13 heavy (non-hydrogen) atoms. The molecule has 0 radical (unpaired) electrons. The second-order valence-corrected chi connectivity index (χ2v) is 3.35. The SMILES string of the molecule is O=C(O)c1cccc2c1CC(=S)N2. The number of rotatable bonds is 1. The smallest absolute Gasteiger partial charge is 0.336 e. The molecule has 0 aromatic heterocycles. The van der Waals surface area contributed by atoms with Gasteiger partial charge in [0.05, 0.1) is 10.6 Å². The van der Waals surface area contributed by atoms with Crippen LogP contribution < -0.4 is 5.32 Å². The molecular weight excluding hydrogens is 186 g/mol. The number of anilines is 1. The third kappa shape index (κ3) is 1.29. The minimum atomic E-state index is -0.900. The van der Waals surface area contributed by atoms with E-state index in [9.17, 15) is 4.79 Å². The molecule has 66 valence electrons. The van der Waals surface area contributed by atoms with Crippen LogP contribution in [0, 0.1) is 0 Å². The van der Waals surface area contributed by atoms with Gasteiger partial charge in [0.1, 0.15) is 0 Å². The molecule has 1 aromatic carbocycles. The van der Waals surface area contributed by atoms with Crippen LogP contribution in [-0.2, 0) is 6.42 Å². The maximum Gasteiger partial charge on any atom is 0.336 e. The Morgan fingerprint density at radius 2 is 2.31 bits per heavy atom. The molecule has 2 rings (SSSR count). The predicted molar refractivity (Wildman–Crippen MR) is 53.3 cm³/mol. The average Bonchev–Trinajstić information content (AvgIpc) is 2.43. The second-order valence-electron chi connectivity index (χ2n) is 2.86. The molecule has 0 fully saturated rings. The summed E-state index contributed by atoms with van der Waals surface area (Å²) in [6.45, 7) is 0. The van der Waals surface area contributed by atoms with E-state index in [1.165, 1.54) is 0 Å². The summed E-state index contributed by atoms with van der Waals surface area (Å²) in [4.78, 5) is 11.5. The Hall–Kier alpha value is -1.42. The van der Waals surface area contributed by atoms with Crippen molar-refractivity contribution < 1.29 is 9.90 Å². The lowest BCUT2D eigenvalue weighted by atomic mass is 10.1. The number of carboxylic acid groups (broad SMARTS) is 1. The van der Waals surface area contributed by atoms with E-state index in [0.717, 1.165) is 11.3 Å². The van der Waals surface area contributed by atoms with Gasteiger partial charge < -0.3 is 10.4 Å². The van der Waals surface area contributed by atoms with Gasteiger partial charge in [-0.2, -0.15) is 0 Å². The van der Waals surface area contributed by atoms with Gasteiger partial charge in [-0.05, 0) is 17.7 Å². The molecule has 1 aromatic rings. The summed E-state index contributed by atoms with van der Waals surface area (Å²) in [5.41, 5.74) is 1.95. The van der Waals surface area contributed by atoms with Gasteiger partial charge in [-0.25, -0.2) is 4.79 Å². The molecule has 4 heteroatoms. The Labute approximate surface area is 80.4 Å². The molecule has 0 aliphatic carbocycles. The van der Waals surface area contributed by atoms with Crippen molar-refractivity contribution in [2.75, 3.05) is 5.32 Å². The molecule has 0 atom stereocenters. The average molecular weight is 193 g/mol. The van der Waals surface area contributed by atoms with Crippen LogP contribution in [0.4, 0.5) is 5.69 Å². The highest BCUT2D eigenvalue weighted by Crippen LogP contribution is 2.26. The van der Waals surface area contributed by atoms with Crippen LogP contribution in [0.1, 0.15) is 15.9 Å². The first-order chi connectivity index (χ1) is 6.18. The third-order valence-corrected chi connectivity index (χ3v) is 2.26. The molecule has 0 bridgehead atoms. The van der Waals surface area contributed by atoms with Gasteiger partial charge in [0, 0.05) is 12.1 Å². The van der Waals surface area contributed by atoms with Crippen LogP contribution in [0.25, 0.3) is 0 Å². The molecular formula is C9H7NO2S. The monoisotopic (exact) mass is 193 g/mol. The lowest BCUT2D eigenvalue weighted by molar-refractivity contribution is 0.0696. The number of hydrogen-bond donors (Lipinski definition) is 2. The van der Waals surface area contributed by atoms with E-state index >= 15 is 0 Å². The zero-order valence-corrected chi connectivity index (χ0v) is 7.52. The van der Waals surface area contributed by atoms with Crippen molar-refractivity contribution in [3.8, 4) is 0 Å². The molecule has 0 saturated heterocycles. The lowest BCUT2D eigenvalue weighted by Crippen LogP contribution is -2.02. The number of hydrogen-bond acceptors (Lipinski definition) is 2. The van der Waals surface area contributed by atoms with E-state index in [4.69, 9.17) is 17.3 Å². The topological polar surface area (TPSA) is 49.3 Å². The van der Waals surface area contributed by atoms with Gasteiger partial charge >= 0.3 is 5.97 Å². The van der Waals surface area contributed by atoms with Crippen LogP contribution in [0.5, 0.6) is 0 Å². The highest BCUT2D eigenvalue weighted by Gasteiger charge is 2.20. The maximum atomic E-state index is 10.8. The molecule has 1 heterocycles. The second kappa shape index (κ2) is 2.81. The molecule has 3 nitrogen and oxygen atoms in total. The summed E-state index contributed by atoms with van der Waals surface area (Å²) in [7, 11) is 0. The van der Waals surface area contributed by atoms with Crippen molar-refractivity contribution in [2.24, 2.45) is 0 Å². The first-order valence-electron chi connectivity index (χ1n) is 3.83. The van der Waals surface area contributed by atoms with E-state index in [1.807, 2.05) is 6.07 Å². The fourth-order valence-corrected chi connectivity index (χ4v) is 1.70. The summed E-state index contributed by atoms with van der Waals surface area (Å²) < 4.78 is 0. The van der Waals surface area contributed by atoms with Gasteiger partial charge in [-0.15, -0.1) is 0 Å². The van der Waals surface area contributed by atoms with E-state index < -0.39 is 5.97 Å². The summed E-state index contributed by atoms with van der Waals surface area (Å²) in [6, 6.07) is 5.14. The number of fused-ring (bicyclic) bond motifs is 1. The van der Waals surface area contributed by atoms with Crippen molar-refractivity contribution in [2.45, 2.75) is 6.42 Å². The summed E-state index contributed by atoms with van der Waals surface area (Å²) in [5.74, 6) is -0.900. The Kier molecular flexibility index (Phi) is 1.77. The minimum absolute atomic E-state index is 0.338. The summed E-state index contributed by atoms with van der Waals surface area (Å²) in [6.07, 6.45) is 0.535. The molecule has 1 aliphatic heterocycles. The van der Waals surface area contributed by atoms with Crippen molar-refractivity contribution in [3.63, 3.8) is 0 Å². The van der Waals surface area contributed by atoms with Crippen LogP contribution in [0.2, 0.25) is 0 Å². The summed E-state index contributed by atoms with van der Waals surface area (Å²) >= 11 is 4.97. The third-order valence-electron chi connectivity index (χ3n) is 2.02. The molecule has 0 spiro atoms. The van der Waals surface area contributed by atoms with Crippen molar-refractivity contribution in [1.29, 1.82) is 0 Å². The molecule has 0 amide bonds. The Bertz CT molecular complexity index is 401. The van der Waals surface area contributed by atoms with Crippen molar-refractivity contribution >= 4 is 28.9 Å². The first kappa shape index (κ1) is 8.19. The molecule has 0 saturated carbocycles. The largest absolute Gasteiger partial charge is 0.478 e. The highest BCUT2D eigenvalue weighted by atomic mass is 32.1. The number of carbonyl (C=O) groups is 1. The lowest BCUT2D eigenvalue weighted by Gasteiger charge is -2.01. The minimum Gasteiger partial charge on any atom is -0.478 e. The number of carboxylic acids is 1. The van der Waals surface area contributed by atoms with Crippen molar-refractivity contribution in [1.82, 2.24) is 0 Å². The number of aromatic carboxylic acids is 1. The van der Waals surface area contributed by atoms with Gasteiger partial charge in [0.25, 0.3) is 0 Å². The molecule has 2 N–H and O–H groups in total. The maximum absolute atomic E-state index is 10.8. The normalized spacial score (nSPS) is 13.7. The zero-order chi connectivity index (χ0) is 9.42. The number of benzene rings is 1. The van der Waals surface area contributed by atoms with Gasteiger partial charge in [0.15, 0.2) is 0 Å². The van der Waals surface area contributed by atoms with E-state index in [1.54, 1.807) is 12.1 Å². The highest BCUT2D eigenvalue weighted by molar-refractivity contribution is 7.80. The van der Waals surface area contributed by atoms with Gasteiger partial charge in [0.2, 0.25) is 0 Å². The molecule has 1 aliphatic rings.